The zero-order chi connectivity index (χ0) is 41.0. The van der Waals surface area contributed by atoms with E-state index in [0.29, 0.717) is 5.82 Å². The molecule has 12 rings (SSSR count). The Kier molecular flexibility index (Phi) is 8.46. The van der Waals surface area contributed by atoms with Gasteiger partial charge in [0, 0.05) is 55.2 Å². The molecule has 0 saturated heterocycles. The molecule has 0 aliphatic heterocycles. The van der Waals surface area contributed by atoms with Crippen molar-refractivity contribution in [3.05, 3.63) is 231 Å². The smallest absolute Gasteiger partial charge is 0.160 e. The van der Waals surface area contributed by atoms with Crippen LogP contribution in [0.25, 0.3) is 111 Å². The Morgan fingerprint density at radius 3 is 1.45 bits per heavy atom. The van der Waals surface area contributed by atoms with Crippen molar-refractivity contribution in [1.82, 2.24) is 19.1 Å². The lowest BCUT2D eigenvalue weighted by Gasteiger charge is -2.13. The lowest BCUT2D eigenvalue weighted by Crippen LogP contribution is -1.96. The van der Waals surface area contributed by atoms with E-state index < -0.39 is 0 Å². The fourth-order valence-corrected chi connectivity index (χ4v) is 9.25. The van der Waals surface area contributed by atoms with Gasteiger partial charge in [0.05, 0.1) is 33.5 Å². The minimum absolute atomic E-state index is 0.700. The molecule has 0 atom stereocenters. The Balaban J connectivity index is 0.945. The summed E-state index contributed by atoms with van der Waals surface area (Å²) in [6.07, 6.45) is 0. The van der Waals surface area contributed by atoms with Gasteiger partial charge in [-0.05, 0) is 77.4 Å². The van der Waals surface area contributed by atoms with Crippen LogP contribution in [0.5, 0.6) is 0 Å². The van der Waals surface area contributed by atoms with Gasteiger partial charge in [0.15, 0.2) is 5.82 Å². The van der Waals surface area contributed by atoms with Gasteiger partial charge in [-0.2, -0.15) is 0 Å². The Bertz CT molecular complexity index is 3550. The highest BCUT2D eigenvalue weighted by Crippen LogP contribution is 2.40. The van der Waals surface area contributed by atoms with Crippen LogP contribution in [-0.2, 0) is 0 Å². The van der Waals surface area contributed by atoms with Crippen molar-refractivity contribution < 1.29 is 0 Å². The summed E-state index contributed by atoms with van der Waals surface area (Å²) >= 11 is 0. The van der Waals surface area contributed by atoms with E-state index in [-0.39, 0.29) is 0 Å². The number of rotatable bonds is 7. The maximum atomic E-state index is 5.11. The second-order valence-electron chi connectivity index (χ2n) is 15.8. The first-order valence-corrected chi connectivity index (χ1v) is 21.1. The molecule has 0 N–H and O–H groups in total. The van der Waals surface area contributed by atoms with Crippen LogP contribution >= 0.6 is 0 Å². The highest BCUT2D eigenvalue weighted by Gasteiger charge is 2.18. The summed E-state index contributed by atoms with van der Waals surface area (Å²) in [6.45, 7) is 0. The molecule has 0 fully saturated rings. The molecule has 12 aromatic rings. The van der Waals surface area contributed by atoms with Gasteiger partial charge >= 0.3 is 0 Å². The van der Waals surface area contributed by atoms with E-state index in [4.69, 9.17) is 9.97 Å². The predicted molar refractivity (Wildman–Crippen MR) is 258 cm³/mol. The molecule has 0 radical (unpaired) electrons. The molecule has 4 heteroatoms. The molecule has 0 saturated carbocycles. The van der Waals surface area contributed by atoms with Crippen LogP contribution < -0.4 is 0 Å². The van der Waals surface area contributed by atoms with E-state index in [9.17, 15) is 0 Å². The standard InChI is InChI=1S/C58H38N4/c1-4-16-40(17-5-1)52-38-53(41-18-6-2-7-19-41)60-58(59-52)44-21-14-20-42(36-44)43-32-35-56-51(37-43)49-25-11-12-28-54(49)61(56)46-33-30-39(31-34-46)47-26-15-27-50-48-24-10-13-29-55(48)62(57(47)50)45-22-8-3-9-23-45/h1-38H. The number of para-hydroxylation sites is 4. The van der Waals surface area contributed by atoms with Crippen molar-refractivity contribution in [2.24, 2.45) is 0 Å². The normalized spacial score (nSPS) is 11.5. The zero-order valence-corrected chi connectivity index (χ0v) is 33.7. The van der Waals surface area contributed by atoms with Gasteiger partial charge in [-0.25, -0.2) is 9.97 Å². The van der Waals surface area contributed by atoms with Gasteiger partial charge in [-0.1, -0.05) is 170 Å². The minimum atomic E-state index is 0.700. The molecule has 9 aromatic carbocycles. The van der Waals surface area contributed by atoms with Crippen molar-refractivity contribution in [1.29, 1.82) is 0 Å². The summed E-state index contributed by atoms with van der Waals surface area (Å²) in [5, 5.41) is 4.93. The van der Waals surface area contributed by atoms with Gasteiger partial charge in [0.1, 0.15) is 0 Å². The second-order valence-corrected chi connectivity index (χ2v) is 15.8. The maximum absolute atomic E-state index is 5.11. The molecular formula is C58H38N4. The van der Waals surface area contributed by atoms with E-state index in [0.717, 1.165) is 56.1 Å². The van der Waals surface area contributed by atoms with E-state index in [1.54, 1.807) is 0 Å². The molecule has 3 aromatic heterocycles. The first-order chi connectivity index (χ1) is 30.7. The molecule has 62 heavy (non-hydrogen) atoms. The molecule has 0 amide bonds. The molecule has 3 heterocycles. The van der Waals surface area contributed by atoms with E-state index in [2.05, 4.69) is 228 Å². The lowest BCUT2D eigenvalue weighted by molar-refractivity contribution is 1.17. The summed E-state index contributed by atoms with van der Waals surface area (Å²) in [7, 11) is 0. The second kappa shape index (κ2) is 14.7. The van der Waals surface area contributed by atoms with Gasteiger partial charge < -0.3 is 9.13 Å². The maximum Gasteiger partial charge on any atom is 0.160 e. The minimum Gasteiger partial charge on any atom is -0.309 e. The monoisotopic (exact) mass is 790 g/mol. The van der Waals surface area contributed by atoms with Gasteiger partial charge in [-0.15, -0.1) is 0 Å². The number of hydrogen-bond donors (Lipinski definition) is 0. The van der Waals surface area contributed by atoms with Gasteiger partial charge in [0.25, 0.3) is 0 Å². The molecule has 0 spiro atoms. The SMILES string of the molecule is c1ccc(-c2cc(-c3ccccc3)nc(-c3cccc(-c4ccc5c(c4)c4ccccc4n5-c4ccc(-c5cccc6c7ccccc7n(-c7ccccc7)c56)cc4)c3)n2)cc1. The molecule has 4 nitrogen and oxygen atoms in total. The fraction of sp³-hybridized carbons (Fsp3) is 0. The number of benzene rings is 9. The fourth-order valence-electron chi connectivity index (χ4n) is 9.25. The molecule has 0 unspecified atom stereocenters. The Labute approximate surface area is 359 Å². The molecule has 0 aliphatic carbocycles. The summed E-state index contributed by atoms with van der Waals surface area (Å²) in [5.74, 6) is 0.700. The van der Waals surface area contributed by atoms with Crippen molar-refractivity contribution in [3.8, 4) is 67.5 Å². The van der Waals surface area contributed by atoms with Crippen molar-refractivity contribution in [3.63, 3.8) is 0 Å². The van der Waals surface area contributed by atoms with Crippen LogP contribution in [0, 0.1) is 0 Å². The first kappa shape index (κ1) is 35.6. The third-order valence-corrected chi connectivity index (χ3v) is 12.1. The summed E-state index contributed by atoms with van der Waals surface area (Å²) in [6, 6.07) is 82.1. The average Bonchev–Trinajstić information content (AvgIpc) is 3.88. The third-order valence-electron chi connectivity index (χ3n) is 12.1. The third kappa shape index (κ3) is 6.00. The van der Waals surface area contributed by atoms with Crippen LogP contribution in [0.4, 0.5) is 0 Å². The topological polar surface area (TPSA) is 35.6 Å². The van der Waals surface area contributed by atoms with Gasteiger partial charge in [0.2, 0.25) is 0 Å². The van der Waals surface area contributed by atoms with E-state index in [1.807, 2.05) is 12.1 Å². The molecule has 290 valence electrons. The van der Waals surface area contributed by atoms with Crippen LogP contribution in [-0.4, -0.2) is 19.1 Å². The predicted octanol–water partition coefficient (Wildman–Crippen LogP) is 15.0. The van der Waals surface area contributed by atoms with Gasteiger partial charge in [-0.3, -0.25) is 0 Å². The Morgan fingerprint density at radius 1 is 0.274 bits per heavy atom. The zero-order valence-electron chi connectivity index (χ0n) is 33.7. The lowest BCUT2D eigenvalue weighted by atomic mass is 10.00. The van der Waals surface area contributed by atoms with Crippen molar-refractivity contribution >= 4 is 43.6 Å². The van der Waals surface area contributed by atoms with Crippen LogP contribution in [0.2, 0.25) is 0 Å². The molecular weight excluding hydrogens is 753 g/mol. The highest BCUT2D eigenvalue weighted by molar-refractivity contribution is 6.14. The summed E-state index contributed by atoms with van der Waals surface area (Å²) in [4.78, 5) is 10.2. The first-order valence-electron chi connectivity index (χ1n) is 21.1. The molecule has 0 aliphatic rings. The Morgan fingerprint density at radius 2 is 0.758 bits per heavy atom. The number of hydrogen-bond acceptors (Lipinski definition) is 2. The van der Waals surface area contributed by atoms with Crippen molar-refractivity contribution in [2.45, 2.75) is 0 Å². The largest absolute Gasteiger partial charge is 0.309 e. The average molecular weight is 791 g/mol. The summed E-state index contributed by atoms with van der Waals surface area (Å²) in [5.41, 5.74) is 16.6. The van der Waals surface area contributed by atoms with E-state index >= 15 is 0 Å². The molecule has 0 bridgehead atoms. The van der Waals surface area contributed by atoms with Crippen molar-refractivity contribution in [2.75, 3.05) is 0 Å². The van der Waals surface area contributed by atoms with Crippen LogP contribution in [0.1, 0.15) is 0 Å². The number of nitrogens with zero attached hydrogens (tertiary/aromatic N) is 4. The summed E-state index contributed by atoms with van der Waals surface area (Å²) < 4.78 is 4.80. The number of fused-ring (bicyclic) bond motifs is 6. The highest BCUT2D eigenvalue weighted by atomic mass is 15.0. The quantitative estimate of drug-likeness (QED) is 0.161. The van der Waals surface area contributed by atoms with Crippen LogP contribution in [0.15, 0.2) is 231 Å². The van der Waals surface area contributed by atoms with Crippen LogP contribution in [0.3, 0.4) is 0 Å². The van der Waals surface area contributed by atoms with E-state index in [1.165, 1.54) is 49.2 Å². The number of aromatic nitrogens is 4. The Hall–Kier alpha value is -8.34.